The molecule has 3 nitrogen and oxygen atoms in total. The fourth-order valence-electron chi connectivity index (χ4n) is 2.14. The molecule has 1 N–H and O–H groups in total. The molecule has 2 atom stereocenters. The normalized spacial score (nSPS) is 28.2. The Morgan fingerprint density at radius 2 is 2.17 bits per heavy atom. The third kappa shape index (κ3) is 2.19. The molecule has 1 saturated heterocycles. The average Bonchev–Trinajstić information content (AvgIpc) is 2.37. The number of nitrogens with one attached hydrogen (secondary N) is 1. The third-order valence-electron chi connectivity index (χ3n) is 2.73. The van der Waals surface area contributed by atoms with Crippen LogP contribution in [-0.4, -0.2) is 57.2 Å². The van der Waals surface area contributed by atoms with E-state index in [1.165, 1.54) is 19.5 Å². The van der Waals surface area contributed by atoms with Crippen LogP contribution in [-0.2, 0) is 0 Å². The zero-order valence-electron chi connectivity index (χ0n) is 8.67. The molecule has 0 saturated carbocycles. The van der Waals surface area contributed by atoms with Crippen molar-refractivity contribution in [3.63, 3.8) is 0 Å². The molecule has 3 heteroatoms. The summed E-state index contributed by atoms with van der Waals surface area (Å²) in [4.78, 5) is 4.67. The van der Waals surface area contributed by atoms with Crippen molar-refractivity contribution in [3.8, 4) is 0 Å². The van der Waals surface area contributed by atoms with Gasteiger partial charge in [0.2, 0.25) is 0 Å². The van der Waals surface area contributed by atoms with Gasteiger partial charge in [-0.3, -0.25) is 4.90 Å². The molecule has 0 aromatic rings. The third-order valence-corrected chi connectivity index (χ3v) is 2.73. The van der Waals surface area contributed by atoms with Gasteiger partial charge in [0.25, 0.3) is 0 Å². The van der Waals surface area contributed by atoms with Crippen LogP contribution in [0, 0.1) is 5.92 Å². The van der Waals surface area contributed by atoms with Crippen LogP contribution in [0.2, 0.25) is 0 Å². The summed E-state index contributed by atoms with van der Waals surface area (Å²) in [5.74, 6) is 0.787. The van der Waals surface area contributed by atoms with E-state index in [1.807, 2.05) is 7.05 Å². The standard InChI is InChI=1S/C9H21N3/c1-10-9(11(2)3)8-5-6-12(4)7-8/h8-10H,5-7H2,1-4H3. The van der Waals surface area contributed by atoms with Crippen molar-refractivity contribution in [2.24, 2.45) is 5.92 Å². The highest BCUT2D eigenvalue weighted by molar-refractivity contribution is 4.81. The molecule has 0 aliphatic carbocycles. The van der Waals surface area contributed by atoms with Gasteiger partial charge in [-0.15, -0.1) is 0 Å². The summed E-state index contributed by atoms with van der Waals surface area (Å²) >= 11 is 0. The summed E-state index contributed by atoms with van der Waals surface area (Å²) in [7, 11) is 8.52. The van der Waals surface area contributed by atoms with Gasteiger partial charge in [-0.2, -0.15) is 0 Å². The van der Waals surface area contributed by atoms with Gasteiger partial charge in [0.05, 0.1) is 6.17 Å². The Labute approximate surface area is 75.7 Å². The molecule has 72 valence electrons. The smallest absolute Gasteiger partial charge is 0.0631 e. The van der Waals surface area contributed by atoms with Crippen molar-refractivity contribution in [2.75, 3.05) is 41.3 Å². The molecule has 0 aromatic heterocycles. The quantitative estimate of drug-likeness (QED) is 0.605. The van der Waals surface area contributed by atoms with E-state index in [2.05, 4.69) is 36.3 Å². The summed E-state index contributed by atoms with van der Waals surface area (Å²) in [6, 6.07) is 0. The van der Waals surface area contributed by atoms with E-state index >= 15 is 0 Å². The minimum absolute atomic E-state index is 0.537. The Hall–Kier alpha value is -0.120. The van der Waals surface area contributed by atoms with Crippen LogP contribution in [0.3, 0.4) is 0 Å². The van der Waals surface area contributed by atoms with Gasteiger partial charge < -0.3 is 10.2 Å². The largest absolute Gasteiger partial charge is 0.306 e. The Morgan fingerprint density at radius 1 is 1.50 bits per heavy atom. The molecule has 2 unspecified atom stereocenters. The SMILES string of the molecule is CNC(C1CCN(C)C1)N(C)C. The molecule has 1 aliphatic rings. The molecular formula is C9H21N3. The zero-order chi connectivity index (χ0) is 9.14. The van der Waals surface area contributed by atoms with E-state index in [9.17, 15) is 0 Å². The summed E-state index contributed by atoms with van der Waals surface area (Å²) in [6.07, 6.45) is 1.86. The second kappa shape index (κ2) is 4.21. The summed E-state index contributed by atoms with van der Waals surface area (Å²) in [5, 5.41) is 3.36. The average molecular weight is 171 g/mol. The summed E-state index contributed by atoms with van der Waals surface area (Å²) < 4.78 is 0. The number of rotatable bonds is 3. The lowest BCUT2D eigenvalue weighted by molar-refractivity contribution is 0.181. The topological polar surface area (TPSA) is 18.5 Å². The Kier molecular flexibility index (Phi) is 3.50. The summed E-state index contributed by atoms with van der Waals surface area (Å²) in [5.41, 5.74) is 0. The second-order valence-corrected chi connectivity index (χ2v) is 4.01. The van der Waals surface area contributed by atoms with Crippen LogP contribution in [0.5, 0.6) is 0 Å². The van der Waals surface area contributed by atoms with Gasteiger partial charge >= 0.3 is 0 Å². The van der Waals surface area contributed by atoms with Crippen LogP contribution >= 0.6 is 0 Å². The van der Waals surface area contributed by atoms with Crippen LogP contribution in [0.4, 0.5) is 0 Å². The molecule has 1 heterocycles. The molecule has 12 heavy (non-hydrogen) atoms. The van der Waals surface area contributed by atoms with E-state index in [0.29, 0.717) is 6.17 Å². The van der Waals surface area contributed by atoms with Crippen LogP contribution in [0.15, 0.2) is 0 Å². The van der Waals surface area contributed by atoms with Crippen LogP contribution < -0.4 is 5.32 Å². The minimum atomic E-state index is 0.537. The maximum atomic E-state index is 3.36. The molecule has 1 fully saturated rings. The molecule has 0 radical (unpaired) electrons. The van der Waals surface area contributed by atoms with Gasteiger partial charge in [-0.05, 0) is 41.2 Å². The fraction of sp³-hybridized carbons (Fsp3) is 1.00. The fourth-order valence-corrected chi connectivity index (χ4v) is 2.14. The number of hydrogen-bond acceptors (Lipinski definition) is 3. The maximum absolute atomic E-state index is 3.36. The highest BCUT2D eigenvalue weighted by atomic mass is 15.2. The first-order chi connectivity index (χ1) is 5.65. The highest BCUT2D eigenvalue weighted by Crippen LogP contribution is 2.18. The van der Waals surface area contributed by atoms with E-state index < -0.39 is 0 Å². The van der Waals surface area contributed by atoms with Gasteiger partial charge in [0, 0.05) is 12.5 Å². The van der Waals surface area contributed by atoms with E-state index in [0.717, 1.165) is 5.92 Å². The number of hydrogen-bond donors (Lipinski definition) is 1. The van der Waals surface area contributed by atoms with Gasteiger partial charge in [0.1, 0.15) is 0 Å². The first-order valence-corrected chi connectivity index (χ1v) is 4.67. The van der Waals surface area contributed by atoms with Crippen molar-refractivity contribution >= 4 is 0 Å². The van der Waals surface area contributed by atoms with Crippen molar-refractivity contribution in [2.45, 2.75) is 12.6 Å². The Balaban J connectivity index is 2.44. The molecule has 1 rings (SSSR count). The Morgan fingerprint density at radius 3 is 2.50 bits per heavy atom. The van der Waals surface area contributed by atoms with Gasteiger partial charge in [-0.25, -0.2) is 0 Å². The lowest BCUT2D eigenvalue weighted by Crippen LogP contribution is -2.45. The zero-order valence-corrected chi connectivity index (χ0v) is 8.67. The van der Waals surface area contributed by atoms with Crippen molar-refractivity contribution in [3.05, 3.63) is 0 Å². The lowest BCUT2D eigenvalue weighted by Gasteiger charge is -2.29. The van der Waals surface area contributed by atoms with E-state index in [4.69, 9.17) is 0 Å². The van der Waals surface area contributed by atoms with Crippen molar-refractivity contribution in [1.29, 1.82) is 0 Å². The molecule has 0 aromatic carbocycles. The van der Waals surface area contributed by atoms with Crippen LogP contribution in [0.1, 0.15) is 6.42 Å². The summed E-state index contributed by atoms with van der Waals surface area (Å²) in [6.45, 7) is 2.47. The predicted molar refractivity (Wildman–Crippen MR) is 52.1 cm³/mol. The minimum Gasteiger partial charge on any atom is -0.306 e. The molecule has 0 spiro atoms. The number of likely N-dealkylation sites (tertiary alicyclic amines) is 1. The highest BCUT2D eigenvalue weighted by Gasteiger charge is 2.27. The van der Waals surface area contributed by atoms with Crippen molar-refractivity contribution < 1.29 is 0 Å². The molecule has 0 amide bonds. The lowest BCUT2D eigenvalue weighted by atomic mass is 10.1. The molecule has 0 bridgehead atoms. The van der Waals surface area contributed by atoms with E-state index in [-0.39, 0.29) is 0 Å². The Bertz CT molecular complexity index is 136. The maximum Gasteiger partial charge on any atom is 0.0631 e. The van der Waals surface area contributed by atoms with Gasteiger partial charge in [-0.1, -0.05) is 0 Å². The first-order valence-electron chi connectivity index (χ1n) is 4.67. The van der Waals surface area contributed by atoms with Gasteiger partial charge in [0.15, 0.2) is 0 Å². The molecular weight excluding hydrogens is 150 g/mol. The van der Waals surface area contributed by atoms with Crippen molar-refractivity contribution in [1.82, 2.24) is 15.1 Å². The second-order valence-electron chi connectivity index (χ2n) is 4.01. The first kappa shape index (κ1) is 9.96. The predicted octanol–water partition coefficient (Wildman–Crippen LogP) is 0.0452. The molecule has 1 aliphatic heterocycles. The number of nitrogens with zero attached hydrogens (tertiary/aromatic N) is 2. The van der Waals surface area contributed by atoms with Crippen LogP contribution in [0.25, 0.3) is 0 Å². The monoisotopic (exact) mass is 171 g/mol. The van der Waals surface area contributed by atoms with E-state index in [1.54, 1.807) is 0 Å².